The Morgan fingerprint density at radius 3 is 1.35 bits per heavy atom. The van der Waals surface area contributed by atoms with Crippen LogP contribution in [0.1, 0.15) is 49.9 Å². The highest BCUT2D eigenvalue weighted by atomic mass is 35.5. The number of nitrogens with two attached hydrogens (primary N) is 2. The minimum absolute atomic E-state index is 0. The van der Waals surface area contributed by atoms with E-state index in [9.17, 15) is 0 Å². The molecule has 0 aromatic heterocycles. The standard InChI is InChI=1S/C22H28N2.2ClH/c1-17(19-11-5-3-6-12-19)23-21-15-9-10-16-22(21)24-18(2)20-13-7-4-8-14-20;;/h3-14,17-18,21-24H,15-16H2,1-2H3;2*1H/t17-,18-,21+,22+;;/m0../s1. The van der Waals surface area contributed by atoms with Gasteiger partial charge in [-0.1, -0.05) is 72.8 Å². The maximum Gasteiger partial charge on any atom is 0.142 e. The van der Waals surface area contributed by atoms with Gasteiger partial charge < -0.3 is 35.4 Å². The third kappa shape index (κ3) is 6.14. The van der Waals surface area contributed by atoms with Gasteiger partial charge in [-0.2, -0.15) is 0 Å². The summed E-state index contributed by atoms with van der Waals surface area (Å²) in [6.07, 6.45) is 7.05. The second-order valence-corrected chi connectivity index (χ2v) is 7.05. The van der Waals surface area contributed by atoms with Crippen LogP contribution in [0, 0.1) is 0 Å². The van der Waals surface area contributed by atoms with E-state index >= 15 is 0 Å². The fraction of sp³-hybridized carbons (Fsp3) is 0.364. The number of benzene rings is 2. The molecule has 142 valence electrons. The van der Waals surface area contributed by atoms with Crippen molar-refractivity contribution in [2.45, 2.75) is 50.9 Å². The number of hydrogen-bond acceptors (Lipinski definition) is 0. The molecular formula is C22H30Cl2N2. The SMILES string of the molecule is C[C@H]([NH2+][C@@H]1CC=CC[C@H]1[NH2+][C@@H](C)c1ccccc1)c1ccccc1.[Cl-].[Cl-]. The van der Waals surface area contributed by atoms with E-state index in [1.54, 1.807) is 0 Å². The molecule has 0 aliphatic heterocycles. The van der Waals surface area contributed by atoms with E-state index in [1.165, 1.54) is 24.0 Å². The first kappa shape index (κ1) is 22.7. The summed E-state index contributed by atoms with van der Waals surface area (Å²) in [7, 11) is 0. The summed E-state index contributed by atoms with van der Waals surface area (Å²) < 4.78 is 0. The largest absolute Gasteiger partial charge is 1.00 e. The number of hydrogen-bond donors (Lipinski definition) is 2. The molecule has 2 nitrogen and oxygen atoms in total. The zero-order chi connectivity index (χ0) is 16.8. The van der Waals surface area contributed by atoms with Crippen LogP contribution in [-0.2, 0) is 0 Å². The lowest BCUT2D eigenvalue weighted by Crippen LogP contribution is -3.03. The highest BCUT2D eigenvalue weighted by Crippen LogP contribution is 2.13. The first-order valence-electron chi connectivity index (χ1n) is 9.19. The van der Waals surface area contributed by atoms with Gasteiger partial charge in [-0.15, -0.1) is 0 Å². The summed E-state index contributed by atoms with van der Waals surface area (Å²) in [6, 6.07) is 24.0. The van der Waals surface area contributed by atoms with Gasteiger partial charge in [0.2, 0.25) is 0 Å². The van der Waals surface area contributed by atoms with Gasteiger partial charge in [0.1, 0.15) is 24.2 Å². The lowest BCUT2D eigenvalue weighted by atomic mass is 9.93. The van der Waals surface area contributed by atoms with Crippen LogP contribution >= 0.6 is 0 Å². The van der Waals surface area contributed by atoms with Crippen LogP contribution in [0.3, 0.4) is 0 Å². The fourth-order valence-corrected chi connectivity index (χ4v) is 3.78. The second kappa shape index (κ2) is 11.4. The smallest absolute Gasteiger partial charge is 0.142 e. The topological polar surface area (TPSA) is 33.2 Å². The van der Waals surface area contributed by atoms with E-state index in [-0.39, 0.29) is 24.8 Å². The lowest BCUT2D eigenvalue weighted by Gasteiger charge is -2.29. The van der Waals surface area contributed by atoms with Crippen LogP contribution in [0.25, 0.3) is 0 Å². The van der Waals surface area contributed by atoms with Crippen molar-refractivity contribution in [2.24, 2.45) is 0 Å². The molecule has 0 bridgehead atoms. The van der Waals surface area contributed by atoms with Crippen LogP contribution in [0.2, 0.25) is 0 Å². The molecular weight excluding hydrogens is 363 g/mol. The molecule has 4 N–H and O–H groups in total. The van der Waals surface area contributed by atoms with Gasteiger partial charge in [0, 0.05) is 24.0 Å². The maximum atomic E-state index is 2.57. The molecule has 0 fully saturated rings. The van der Waals surface area contributed by atoms with Crippen molar-refractivity contribution in [3.05, 3.63) is 83.9 Å². The zero-order valence-corrected chi connectivity index (χ0v) is 17.1. The maximum absolute atomic E-state index is 2.57. The van der Waals surface area contributed by atoms with Crippen molar-refractivity contribution in [3.63, 3.8) is 0 Å². The zero-order valence-electron chi connectivity index (χ0n) is 15.6. The summed E-state index contributed by atoms with van der Waals surface area (Å²) in [6.45, 7) is 4.65. The third-order valence-corrected chi connectivity index (χ3v) is 5.26. The molecule has 3 rings (SSSR count). The van der Waals surface area contributed by atoms with Gasteiger partial charge in [0.25, 0.3) is 0 Å². The molecule has 0 radical (unpaired) electrons. The summed E-state index contributed by atoms with van der Waals surface area (Å²) in [4.78, 5) is 0. The van der Waals surface area contributed by atoms with E-state index < -0.39 is 0 Å². The van der Waals surface area contributed by atoms with E-state index in [4.69, 9.17) is 0 Å². The van der Waals surface area contributed by atoms with E-state index in [1.807, 2.05) is 0 Å². The van der Waals surface area contributed by atoms with E-state index in [0.717, 1.165) is 0 Å². The molecule has 2 aromatic carbocycles. The molecule has 0 saturated heterocycles. The van der Waals surface area contributed by atoms with Crippen molar-refractivity contribution < 1.29 is 35.4 Å². The van der Waals surface area contributed by atoms with Gasteiger partial charge in [-0.3, -0.25) is 0 Å². The molecule has 0 amide bonds. The van der Waals surface area contributed by atoms with Gasteiger partial charge in [-0.05, 0) is 13.8 Å². The number of rotatable bonds is 6. The predicted octanol–water partition coefficient (Wildman–Crippen LogP) is -3.27. The van der Waals surface area contributed by atoms with Crippen molar-refractivity contribution in [1.82, 2.24) is 0 Å². The molecule has 2 aromatic rings. The van der Waals surface area contributed by atoms with Crippen molar-refractivity contribution >= 4 is 0 Å². The monoisotopic (exact) mass is 392 g/mol. The van der Waals surface area contributed by atoms with Crippen LogP contribution in [0.15, 0.2) is 72.8 Å². The fourth-order valence-electron chi connectivity index (χ4n) is 3.78. The Balaban J connectivity index is 0.00000169. The number of halogens is 2. The average molecular weight is 393 g/mol. The van der Waals surface area contributed by atoms with E-state index in [0.29, 0.717) is 24.2 Å². The predicted molar refractivity (Wildman–Crippen MR) is 99.5 cm³/mol. The van der Waals surface area contributed by atoms with Crippen molar-refractivity contribution in [3.8, 4) is 0 Å². The van der Waals surface area contributed by atoms with Crippen molar-refractivity contribution in [1.29, 1.82) is 0 Å². The Morgan fingerprint density at radius 2 is 1.00 bits per heavy atom. The Bertz CT molecular complexity index is 588. The van der Waals surface area contributed by atoms with Gasteiger partial charge in [0.05, 0.1) is 0 Å². The quantitative estimate of drug-likeness (QED) is 0.483. The normalized spacial score (nSPS) is 21.2. The molecule has 1 aliphatic rings. The molecule has 26 heavy (non-hydrogen) atoms. The first-order chi connectivity index (χ1) is 11.7. The molecule has 0 saturated carbocycles. The number of quaternary nitrogens is 2. The lowest BCUT2D eigenvalue weighted by molar-refractivity contribution is -0.805. The molecule has 0 unspecified atom stereocenters. The minimum atomic E-state index is 0. The van der Waals surface area contributed by atoms with Crippen molar-refractivity contribution in [2.75, 3.05) is 0 Å². The second-order valence-electron chi connectivity index (χ2n) is 7.05. The van der Waals surface area contributed by atoms with Gasteiger partial charge in [-0.25, -0.2) is 0 Å². The molecule has 4 atom stereocenters. The van der Waals surface area contributed by atoms with Crippen LogP contribution in [0.4, 0.5) is 0 Å². The molecule has 1 aliphatic carbocycles. The molecule has 0 heterocycles. The summed E-state index contributed by atoms with van der Waals surface area (Å²) in [5, 5.41) is 5.13. The minimum Gasteiger partial charge on any atom is -1.00 e. The first-order valence-corrected chi connectivity index (χ1v) is 9.19. The third-order valence-electron chi connectivity index (χ3n) is 5.26. The Hall–Kier alpha value is -1.32. The highest BCUT2D eigenvalue weighted by molar-refractivity contribution is 5.17. The summed E-state index contributed by atoms with van der Waals surface area (Å²) in [5.41, 5.74) is 2.84. The van der Waals surface area contributed by atoms with Gasteiger partial charge >= 0.3 is 0 Å². The van der Waals surface area contributed by atoms with Crippen LogP contribution in [0.5, 0.6) is 0 Å². The average Bonchev–Trinajstić information content (AvgIpc) is 2.64. The molecule has 4 heteroatoms. The Morgan fingerprint density at radius 1 is 0.654 bits per heavy atom. The summed E-state index contributed by atoms with van der Waals surface area (Å²) in [5.74, 6) is 0. The summed E-state index contributed by atoms with van der Waals surface area (Å²) >= 11 is 0. The molecule has 0 spiro atoms. The Labute approximate surface area is 170 Å². The van der Waals surface area contributed by atoms with Crippen LogP contribution < -0.4 is 35.4 Å². The van der Waals surface area contributed by atoms with Gasteiger partial charge in [0.15, 0.2) is 0 Å². The van der Waals surface area contributed by atoms with Crippen LogP contribution in [-0.4, -0.2) is 12.1 Å². The highest BCUT2D eigenvalue weighted by Gasteiger charge is 2.31. The van der Waals surface area contributed by atoms with E-state index in [2.05, 4.69) is 97.3 Å². The Kier molecular flexibility index (Phi) is 9.97.